The second kappa shape index (κ2) is 5.54. The minimum Gasteiger partial charge on any atom is -0.275 e. The van der Waals surface area contributed by atoms with E-state index >= 15 is 0 Å². The lowest BCUT2D eigenvalue weighted by Gasteiger charge is -2.03. The second-order valence-corrected chi connectivity index (χ2v) is 4.27. The van der Waals surface area contributed by atoms with Crippen LogP contribution in [-0.4, -0.2) is 20.9 Å². The molecule has 0 radical (unpaired) electrons. The van der Waals surface area contributed by atoms with E-state index in [4.69, 9.17) is 0 Å². The van der Waals surface area contributed by atoms with E-state index in [1.165, 1.54) is 6.20 Å². The van der Waals surface area contributed by atoms with E-state index in [9.17, 15) is 4.79 Å². The molecule has 2 aromatic rings. The molecule has 0 aliphatic heterocycles. The summed E-state index contributed by atoms with van der Waals surface area (Å²) in [6.07, 6.45) is 4.89. The summed E-state index contributed by atoms with van der Waals surface area (Å²) in [5.74, 6) is 0. The maximum atomic E-state index is 11.3. The van der Waals surface area contributed by atoms with Crippen LogP contribution in [0.25, 0.3) is 0 Å². The molecule has 0 fully saturated rings. The van der Waals surface area contributed by atoms with Crippen molar-refractivity contribution in [1.82, 2.24) is 15.2 Å². The van der Waals surface area contributed by atoms with E-state index in [1.807, 2.05) is 19.1 Å². The summed E-state index contributed by atoms with van der Waals surface area (Å²) >= 11 is 3.16. The van der Waals surface area contributed by atoms with Crippen LogP contribution in [0.3, 0.4) is 0 Å². The number of hydrogen-bond donors (Lipinski definition) is 2. The molecule has 0 spiro atoms. The van der Waals surface area contributed by atoms with E-state index < -0.39 is 0 Å². The Labute approximate surface area is 111 Å². The van der Waals surface area contributed by atoms with Gasteiger partial charge in [0.1, 0.15) is 4.47 Å². The van der Waals surface area contributed by atoms with Crippen molar-refractivity contribution in [2.45, 2.75) is 6.92 Å². The summed E-state index contributed by atoms with van der Waals surface area (Å²) in [5, 5.41) is 10.2. The SMILES string of the molecule is CC(=NNc1cn[nH]c(=O)c1Br)c1cccnc1. The van der Waals surface area contributed by atoms with Crippen molar-refractivity contribution in [1.29, 1.82) is 0 Å². The third-order valence-corrected chi connectivity index (χ3v) is 3.01. The van der Waals surface area contributed by atoms with Gasteiger partial charge in [0.15, 0.2) is 0 Å². The van der Waals surface area contributed by atoms with Crippen LogP contribution in [0.5, 0.6) is 0 Å². The van der Waals surface area contributed by atoms with E-state index in [0.29, 0.717) is 10.2 Å². The fourth-order valence-corrected chi connectivity index (χ4v) is 1.53. The average molecular weight is 308 g/mol. The molecule has 0 atom stereocenters. The zero-order chi connectivity index (χ0) is 13.0. The highest BCUT2D eigenvalue weighted by Gasteiger charge is 2.03. The number of aromatic amines is 1. The number of rotatable bonds is 3. The van der Waals surface area contributed by atoms with E-state index in [0.717, 1.165) is 11.3 Å². The largest absolute Gasteiger partial charge is 0.280 e. The molecular formula is C11H10BrN5O. The molecule has 0 aromatic carbocycles. The maximum absolute atomic E-state index is 11.3. The van der Waals surface area contributed by atoms with Crippen LogP contribution in [-0.2, 0) is 0 Å². The molecular weight excluding hydrogens is 298 g/mol. The number of halogens is 1. The van der Waals surface area contributed by atoms with Crippen molar-refractivity contribution in [2.75, 3.05) is 5.43 Å². The molecule has 0 saturated heterocycles. The Morgan fingerprint density at radius 1 is 1.50 bits per heavy atom. The lowest BCUT2D eigenvalue weighted by molar-refractivity contribution is 0.976. The summed E-state index contributed by atoms with van der Waals surface area (Å²) in [7, 11) is 0. The smallest absolute Gasteiger partial charge is 0.275 e. The Bertz CT molecular complexity index is 623. The Balaban J connectivity index is 2.21. The van der Waals surface area contributed by atoms with Crippen LogP contribution in [0.4, 0.5) is 5.69 Å². The molecule has 0 aliphatic rings. The van der Waals surface area contributed by atoms with Gasteiger partial charge in [-0.25, -0.2) is 5.10 Å². The summed E-state index contributed by atoms with van der Waals surface area (Å²) in [6.45, 7) is 1.85. The molecule has 2 N–H and O–H groups in total. The number of nitrogens with one attached hydrogen (secondary N) is 2. The fraction of sp³-hybridized carbons (Fsp3) is 0.0909. The molecule has 0 bridgehead atoms. The first-order chi connectivity index (χ1) is 8.68. The first kappa shape index (κ1) is 12.4. The van der Waals surface area contributed by atoms with Gasteiger partial charge in [0.25, 0.3) is 5.56 Å². The quantitative estimate of drug-likeness (QED) is 0.668. The van der Waals surface area contributed by atoms with Gasteiger partial charge in [-0.2, -0.15) is 10.2 Å². The number of H-pyrrole nitrogens is 1. The van der Waals surface area contributed by atoms with Gasteiger partial charge in [0, 0.05) is 18.0 Å². The van der Waals surface area contributed by atoms with Gasteiger partial charge >= 0.3 is 0 Å². The van der Waals surface area contributed by atoms with Gasteiger partial charge < -0.3 is 0 Å². The Morgan fingerprint density at radius 3 is 3.06 bits per heavy atom. The molecule has 0 unspecified atom stereocenters. The van der Waals surface area contributed by atoms with Crippen LogP contribution in [0, 0.1) is 0 Å². The Hall–Kier alpha value is -2.02. The van der Waals surface area contributed by atoms with Crippen LogP contribution < -0.4 is 11.0 Å². The molecule has 2 heterocycles. The number of nitrogens with zero attached hydrogens (tertiary/aromatic N) is 3. The molecule has 2 aromatic heterocycles. The van der Waals surface area contributed by atoms with Gasteiger partial charge in [-0.05, 0) is 28.9 Å². The van der Waals surface area contributed by atoms with Gasteiger partial charge in [0.05, 0.1) is 17.6 Å². The molecule has 0 aliphatic carbocycles. The first-order valence-electron chi connectivity index (χ1n) is 5.12. The lowest BCUT2D eigenvalue weighted by Crippen LogP contribution is -2.11. The molecule has 18 heavy (non-hydrogen) atoms. The zero-order valence-electron chi connectivity index (χ0n) is 9.51. The highest BCUT2D eigenvalue weighted by molar-refractivity contribution is 9.10. The number of anilines is 1. The highest BCUT2D eigenvalue weighted by Crippen LogP contribution is 2.15. The first-order valence-corrected chi connectivity index (χ1v) is 5.91. The fourth-order valence-electron chi connectivity index (χ4n) is 1.25. The van der Waals surface area contributed by atoms with E-state index in [1.54, 1.807) is 12.4 Å². The molecule has 0 amide bonds. The molecule has 6 nitrogen and oxygen atoms in total. The standard InChI is InChI=1S/C11H10BrN5O/c1-7(8-3-2-4-13-5-8)15-16-9-6-14-17-11(18)10(9)12/h2-6H,1H3,(H2,16,17,18). The summed E-state index contributed by atoms with van der Waals surface area (Å²) in [4.78, 5) is 15.3. The summed E-state index contributed by atoms with van der Waals surface area (Å²) in [6, 6.07) is 3.73. The van der Waals surface area contributed by atoms with Crippen molar-refractivity contribution >= 4 is 27.3 Å². The molecule has 0 saturated carbocycles. The van der Waals surface area contributed by atoms with E-state index in [2.05, 4.69) is 41.6 Å². The predicted molar refractivity (Wildman–Crippen MR) is 72.6 cm³/mol. The van der Waals surface area contributed by atoms with Crippen molar-refractivity contribution in [3.8, 4) is 0 Å². The maximum Gasteiger partial charge on any atom is 0.280 e. The van der Waals surface area contributed by atoms with E-state index in [-0.39, 0.29) is 5.56 Å². The molecule has 7 heteroatoms. The summed E-state index contributed by atoms with van der Waals surface area (Å²) in [5.41, 5.74) is 4.64. The number of aromatic nitrogens is 3. The summed E-state index contributed by atoms with van der Waals surface area (Å²) < 4.78 is 0.361. The van der Waals surface area contributed by atoms with Crippen LogP contribution in [0.1, 0.15) is 12.5 Å². The topological polar surface area (TPSA) is 83.0 Å². The van der Waals surface area contributed by atoms with Gasteiger partial charge in [-0.15, -0.1) is 0 Å². The highest BCUT2D eigenvalue weighted by atomic mass is 79.9. The number of pyridine rings is 1. The monoisotopic (exact) mass is 307 g/mol. The number of hydrogen-bond acceptors (Lipinski definition) is 5. The molecule has 92 valence electrons. The minimum absolute atomic E-state index is 0.311. The minimum atomic E-state index is -0.311. The lowest BCUT2D eigenvalue weighted by atomic mass is 10.2. The molecule has 2 rings (SSSR count). The Kier molecular flexibility index (Phi) is 3.83. The van der Waals surface area contributed by atoms with Gasteiger partial charge in [-0.1, -0.05) is 6.07 Å². The zero-order valence-corrected chi connectivity index (χ0v) is 11.1. The normalized spacial score (nSPS) is 11.3. The third-order valence-electron chi connectivity index (χ3n) is 2.22. The van der Waals surface area contributed by atoms with Crippen LogP contribution in [0.2, 0.25) is 0 Å². The van der Waals surface area contributed by atoms with Crippen LogP contribution >= 0.6 is 15.9 Å². The third kappa shape index (κ3) is 2.80. The van der Waals surface area contributed by atoms with Crippen LogP contribution in [0.15, 0.2) is 45.1 Å². The van der Waals surface area contributed by atoms with Gasteiger partial charge in [0.2, 0.25) is 0 Å². The van der Waals surface area contributed by atoms with Crippen molar-refractivity contribution in [3.05, 3.63) is 51.1 Å². The predicted octanol–water partition coefficient (Wildman–Crippen LogP) is 1.76. The average Bonchev–Trinajstić information content (AvgIpc) is 2.41. The van der Waals surface area contributed by atoms with Gasteiger partial charge in [-0.3, -0.25) is 15.2 Å². The van der Waals surface area contributed by atoms with Crippen molar-refractivity contribution in [2.24, 2.45) is 5.10 Å². The van der Waals surface area contributed by atoms with Crippen molar-refractivity contribution in [3.63, 3.8) is 0 Å². The number of hydrazone groups is 1. The Morgan fingerprint density at radius 2 is 2.33 bits per heavy atom. The second-order valence-electron chi connectivity index (χ2n) is 3.48. The van der Waals surface area contributed by atoms with Crippen molar-refractivity contribution < 1.29 is 0 Å².